The van der Waals surface area contributed by atoms with Crippen LogP contribution in [0.1, 0.15) is 33.1 Å². The van der Waals surface area contributed by atoms with Crippen molar-refractivity contribution in [3.8, 4) is 0 Å². The molecule has 0 heterocycles. The third-order valence-electron chi connectivity index (χ3n) is 3.76. The summed E-state index contributed by atoms with van der Waals surface area (Å²) in [6.45, 7) is 5.26. The quantitative estimate of drug-likeness (QED) is 0.741. The number of ether oxygens (including phenoxy) is 1. The lowest BCUT2D eigenvalue weighted by Crippen LogP contribution is -2.49. The van der Waals surface area contributed by atoms with Crippen molar-refractivity contribution in [1.82, 2.24) is 5.32 Å². The summed E-state index contributed by atoms with van der Waals surface area (Å²) < 4.78 is 17.4. The molecule has 17 heavy (non-hydrogen) atoms. The molecule has 1 N–H and O–H groups in total. The van der Waals surface area contributed by atoms with E-state index in [1.54, 1.807) is 7.11 Å². The molecule has 102 valence electrons. The summed E-state index contributed by atoms with van der Waals surface area (Å²) in [6, 6.07) is 0.414. The molecule has 0 aromatic rings. The zero-order chi connectivity index (χ0) is 12.8. The van der Waals surface area contributed by atoms with Crippen molar-refractivity contribution in [3.05, 3.63) is 0 Å². The molecule has 0 aromatic carbocycles. The van der Waals surface area contributed by atoms with Crippen LogP contribution in [0.5, 0.6) is 0 Å². The number of nitrogens with one attached hydrogen (secondary N) is 1. The van der Waals surface area contributed by atoms with Crippen molar-refractivity contribution in [2.45, 2.75) is 44.4 Å². The van der Waals surface area contributed by atoms with Gasteiger partial charge in [-0.25, -0.2) is 0 Å². The molecular weight excluding hydrogens is 234 g/mol. The molecule has 0 bridgehead atoms. The minimum Gasteiger partial charge on any atom is -0.385 e. The van der Waals surface area contributed by atoms with Crippen molar-refractivity contribution in [2.75, 3.05) is 26.5 Å². The highest BCUT2D eigenvalue weighted by atomic mass is 32.2. The smallest absolute Gasteiger partial charge is 0.0526 e. The summed E-state index contributed by atoms with van der Waals surface area (Å²) in [5, 5.41) is 3.67. The Bertz CT molecular complexity index is 248. The van der Waals surface area contributed by atoms with Crippen molar-refractivity contribution in [2.24, 2.45) is 11.8 Å². The van der Waals surface area contributed by atoms with Gasteiger partial charge in [0.1, 0.15) is 0 Å². The van der Waals surface area contributed by atoms with Crippen LogP contribution in [0.4, 0.5) is 0 Å². The van der Waals surface area contributed by atoms with Gasteiger partial charge >= 0.3 is 0 Å². The van der Waals surface area contributed by atoms with Gasteiger partial charge in [0.25, 0.3) is 0 Å². The zero-order valence-corrected chi connectivity index (χ0v) is 12.4. The van der Waals surface area contributed by atoms with Gasteiger partial charge in [0.05, 0.1) is 5.25 Å². The highest BCUT2D eigenvalue weighted by molar-refractivity contribution is 7.85. The molecule has 0 saturated heterocycles. The number of hydrogen-bond acceptors (Lipinski definition) is 3. The second-order valence-corrected chi connectivity index (χ2v) is 7.06. The molecule has 0 aromatic heterocycles. The third kappa shape index (κ3) is 4.34. The Balaban J connectivity index is 2.55. The van der Waals surface area contributed by atoms with Gasteiger partial charge in [0, 0.05) is 36.3 Å². The molecule has 4 heteroatoms. The third-order valence-corrected chi connectivity index (χ3v) is 5.85. The summed E-state index contributed by atoms with van der Waals surface area (Å²) >= 11 is 0. The average molecular weight is 261 g/mol. The van der Waals surface area contributed by atoms with Crippen LogP contribution in [0, 0.1) is 11.8 Å². The van der Waals surface area contributed by atoms with Gasteiger partial charge in [-0.3, -0.25) is 4.21 Å². The van der Waals surface area contributed by atoms with E-state index in [-0.39, 0.29) is 0 Å². The predicted octanol–water partition coefficient (Wildman–Crippen LogP) is 1.79. The first kappa shape index (κ1) is 15.1. The van der Waals surface area contributed by atoms with Crippen molar-refractivity contribution in [1.29, 1.82) is 0 Å². The van der Waals surface area contributed by atoms with E-state index in [1.807, 2.05) is 7.05 Å². The van der Waals surface area contributed by atoms with Gasteiger partial charge in [-0.05, 0) is 38.1 Å². The molecule has 1 aliphatic rings. The molecule has 5 unspecified atom stereocenters. The summed E-state index contributed by atoms with van der Waals surface area (Å²) in [4.78, 5) is 0. The molecule has 1 aliphatic carbocycles. The Morgan fingerprint density at radius 2 is 2.06 bits per heavy atom. The molecule has 0 spiro atoms. The van der Waals surface area contributed by atoms with E-state index in [1.165, 1.54) is 6.42 Å². The largest absolute Gasteiger partial charge is 0.385 e. The van der Waals surface area contributed by atoms with Crippen LogP contribution in [0.15, 0.2) is 0 Å². The Labute approximate surface area is 108 Å². The van der Waals surface area contributed by atoms with Crippen molar-refractivity contribution >= 4 is 10.8 Å². The van der Waals surface area contributed by atoms with Crippen LogP contribution in [0.2, 0.25) is 0 Å². The Morgan fingerprint density at radius 3 is 2.65 bits per heavy atom. The topological polar surface area (TPSA) is 38.3 Å². The van der Waals surface area contributed by atoms with Crippen LogP contribution >= 0.6 is 0 Å². The number of hydrogen-bond donors (Lipinski definition) is 1. The van der Waals surface area contributed by atoms with Crippen LogP contribution in [0.25, 0.3) is 0 Å². The fourth-order valence-corrected chi connectivity index (χ4v) is 4.95. The highest BCUT2D eigenvalue weighted by Crippen LogP contribution is 2.32. The monoisotopic (exact) mass is 261 g/mol. The fraction of sp³-hybridized carbons (Fsp3) is 1.00. The van der Waals surface area contributed by atoms with Gasteiger partial charge in [-0.15, -0.1) is 0 Å². The zero-order valence-electron chi connectivity index (χ0n) is 11.6. The van der Waals surface area contributed by atoms with Gasteiger partial charge < -0.3 is 10.1 Å². The summed E-state index contributed by atoms with van der Waals surface area (Å²) in [5.74, 6) is 2.07. The van der Waals surface area contributed by atoms with Gasteiger partial charge in [-0.2, -0.15) is 0 Å². The predicted molar refractivity (Wildman–Crippen MR) is 73.7 cm³/mol. The Hall–Kier alpha value is 0.0700. The second kappa shape index (κ2) is 7.49. The van der Waals surface area contributed by atoms with Crippen LogP contribution in [-0.2, 0) is 15.5 Å². The van der Waals surface area contributed by atoms with Crippen LogP contribution in [-0.4, -0.2) is 42.0 Å². The fourth-order valence-electron chi connectivity index (χ4n) is 3.04. The molecule has 3 nitrogen and oxygen atoms in total. The van der Waals surface area contributed by atoms with Gasteiger partial charge in [-0.1, -0.05) is 13.8 Å². The number of methoxy groups -OCH3 is 1. The maximum absolute atomic E-state index is 12.4. The highest BCUT2D eigenvalue weighted by Gasteiger charge is 2.36. The van der Waals surface area contributed by atoms with E-state index in [9.17, 15) is 4.21 Å². The summed E-state index contributed by atoms with van der Waals surface area (Å²) in [5.41, 5.74) is 0. The Morgan fingerprint density at radius 1 is 1.35 bits per heavy atom. The minimum atomic E-state index is -0.725. The Kier molecular flexibility index (Phi) is 6.67. The van der Waals surface area contributed by atoms with E-state index in [2.05, 4.69) is 19.2 Å². The first-order chi connectivity index (χ1) is 8.10. The lowest BCUT2D eigenvalue weighted by molar-refractivity contribution is 0.199. The maximum atomic E-state index is 12.4. The summed E-state index contributed by atoms with van der Waals surface area (Å²) in [6.07, 6.45) is 3.26. The molecule has 1 fully saturated rings. The van der Waals surface area contributed by atoms with E-state index in [0.717, 1.165) is 24.5 Å². The minimum absolute atomic E-state index is 0.313. The lowest BCUT2D eigenvalue weighted by Gasteiger charge is -2.38. The molecule has 1 rings (SSSR count). The molecule has 0 amide bonds. The molecule has 0 aliphatic heterocycles. The summed E-state index contributed by atoms with van der Waals surface area (Å²) in [7, 11) is 2.97. The van der Waals surface area contributed by atoms with Crippen molar-refractivity contribution < 1.29 is 8.95 Å². The second-order valence-electron chi connectivity index (χ2n) is 5.34. The van der Waals surface area contributed by atoms with Crippen LogP contribution in [0.3, 0.4) is 0 Å². The van der Waals surface area contributed by atoms with E-state index < -0.39 is 10.8 Å². The molecule has 0 radical (unpaired) electrons. The lowest BCUT2D eigenvalue weighted by atomic mass is 9.80. The van der Waals surface area contributed by atoms with E-state index >= 15 is 0 Å². The van der Waals surface area contributed by atoms with Gasteiger partial charge in [0.2, 0.25) is 0 Å². The van der Waals surface area contributed by atoms with Crippen molar-refractivity contribution in [3.63, 3.8) is 0 Å². The standard InChI is InChI=1S/C13H27NO2S/c1-10-8-11(2)13(12(9-10)14-3)17(15)7-5-6-16-4/h10-14H,5-9H2,1-4H3. The first-order valence-electron chi connectivity index (χ1n) is 6.63. The molecule has 1 saturated carbocycles. The number of rotatable bonds is 6. The SMILES string of the molecule is CNC1CC(C)CC(C)C1S(=O)CCCOC. The van der Waals surface area contributed by atoms with E-state index in [0.29, 0.717) is 23.8 Å². The normalized spacial score (nSPS) is 35.8. The first-order valence-corrected chi connectivity index (χ1v) is 8.01. The van der Waals surface area contributed by atoms with Crippen LogP contribution < -0.4 is 5.32 Å². The maximum Gasteiger partial charge on any atom is 0.0526 e. The van der Waals surface area contributed by atoms with Gasteiger partial charge in [0.15, 0.2) is 0 Å². The molecule has 5 atom stereocenters. The van der Waals surface area contributed by atoms with E-state index in [4.69, 9.17) is 4.74 Å². The average Bonchev–Trinajstić information content (AvgIpc) is 2.27. The molecular formula is C13H27NO2S.